The first-order valence-electron chi connectivity index (χ1n) is 4.66. The third kappa shape index (κ3) is 1.87. The number of hydrogen-bond donors (Lipinski definition) is 0. The molecule has 0 aliphatic heterocycles. The van der Waals surface area contributed by atoms with Gasteiger partial charge in [-0.1, -0.05) is 11.6 Å². The van der Waals surface area contributed by atoms with Crippen LogP contribution in [-0.2, 0) is 0 Å². The van der Waals surface area contributed by atoms with Crippen molar-refractivity contribution in [1.29, 1.82) is 0 Å². The number of aromatic nitrogens is 1. The fourth-order valence-corrected chi connectivity index (χ4v) is 2.53. The van der Waals surface area contributed by atoms with Crippen molar-refractivity contribution in [2.45, 2.75) is 19.9 Å². The van der Waals surface area contributed by atoms with Crippen molar-refractivity contribution >= 4 is 45.1 Å². The molecule has 4 heteroatoms. The van der Waals surface area contributed by atoms with E-state index >= 15 is 0 Å². The van der Waals surface area contributed by atoms with Crippen molar-refractivity contribution in [3.8, 4) is 0 Å². The lowest BCUT2D eigenvalue weighted by atomic mass is 10.2. The zero-order valence-electron chi connectivity index (χ0n) is 8.39. The second kappa shape index (κ2) is 3.94. The molecular formula is C11H10ClFIN. The smallest absolute Gasteiger partial charge is 0.143 e. The second-order valence-electron chi connectivity index (χ2n) is 3.76. The molecule has 0 saturated carbocycles. The minimum Gasteiger partial charge on any atom is -0.344 e. The SMILES string of the molecule is CC(C)n1cc(I)c2cc(Cl)c(F)cc21. The zero-order valence-corrected chi connectivity index (χ0v) is 11.3. The zero-order chi connectivity index (χ0) is 11.2. The van der Waals surface area contributed by atoms with Crippen LogP contribution in [0.5, 0.6) is 0 Å². The Hall–Kier alpha value is -0.290. The molecule has 0 bridgehead atoms. The van der Waals surface area contributed by atoms with Gasteiger partial charge in [-0.05, 0) is 48.6 Å². The average molecular weight is 338 g/mol. The van der Waals surface area contributed by atoms with E-state index in [4.69, 9.17) is 11.6 Å². The van der Waals surface area contributed by atoms with E-state index in [1.54, 1.807) is 6.07 Å². The molecule has 0 N–H and O–H groups in total. The largest absolute Gasteiger partial charge is 0.344 e. The molecule has 2 aromatic rings. The average Bonchev–Trinajstić information content (AvgIpc) is 2.45. The van der Waals surface area contributed by atoms with Crippen LogP contribution in [0, 0.1) is 9.39 Å². The summed E-state index contributed by atoms with van der Waals surface area (Å²) < 4.78 is 16.5. The van der Waals surface area contributed by atoms with Crippen LogP contribution in [0.3, 0.4) is 0 Å². The Morgan fingerprint density at radius 3 is 2.67 bits per heavy atom. The molecule has 0 fully saturated rings. The predicted molar refractivity (Wildman–Crippen MR) is 70.0 cm³/mol. The minimum atomic E-state index is -0.361. The Balaban J connectivity index is 2.82. The van der Waals surface area contributed by atoms with E-state index in [1.807, 2.05) is 6.20 Å². The maximum absolute atomic E-state index is 13.4. The van der Waals surface area contributed by atoms with E-state index in [0.717, 1.165) is 14.5 Å². The molecule has 2 rings (SSSR count). The van der Waals surface area contributed by atoms with E-state index in [-0.39, 0.29) is 10.8 Å². The molecule has 0 aliphatic carbocycles. The summed E-state index contributed by atoms with van der Waals surface area (Å²) in [6.07, 6.45) is 2.02. The summed E-state index contributed by atoms with van der Waals surface area (Å²) in [7, 11) is 0. The number of halogens is 3. The number of rotatable bonds is 1. The van der Waals surface area contributed by atoms with Crippen LogP contribution in [0.25, 0.3) is 10.9 Å². The van der Waals surface area contributed by atoms with Crippen molar-refractivity contribution in [2.75, 3.05) is 0 Å². The van der Waals surface area contributed by atoms with E-state index in [9.17, 15) is 4.39 Å². The summed E-state index contributed by atoms with van der Waals surface area (Å²) in [5, 5.41) is 1.19. The third-order valence-electron chi connectivity index (χ3n) is 2.38. The first kappa shape index (κ1) is 11.2. The highest BCUT2D eigenvalue weighted by Gasteiger charge is 2.11. The van der Waals surface area contributed by atoms with E-state index in [1.165, 1.54) is 6.07 Å². The third-order valence-corrected chi connectivity index (χ3v) is 3.53. The maximum Gasteiger partial charge on any atom is 0.143 e. The first-order valence-corrected chi connectivity index (χ1v) is 6.11. The molecule has 1 heterocycles. The van der Waals surface area contributed by atoms with Crippen LogP contribution >= 0.6 is 34.2 Å². The second-order valence-corrected chi connectivity index (χ2v) is 5.33. The summed E-state index contributed by atoms with van der Waals surface area (Å²) >= 11 is 8.00. The predicted octanol–water partition coefficient (Wildman–Crippen LogP) is 4.62. The minimum absolute atomic E-state index is 0.182. The summed E-state index contributed by atoms with van der Waals surface area (Å²) in [4.78, 5) is 0. The monoisotopic (exact) mass is 337 g/mol. The van der Waals surface area contributed by atoms with Crippen molar-refractivity contribution in [3.63, 3.8) is 0 Å². The summed E-state index contributed by atoms with van der Waals surface area (Å²) in [5.74, 6) is -0.361. The number of nitrogens with zero attached hydrogens (tertiary/aromatic N) is 1. The van der Waals surface area contributed by atoms with Crippen LogP contribution < -0.4 is 0 Å². The van der Waals surface area contributed by atoms with Gasteiger partial charge in [0.05, 0.1) is 10.5 Å². The normalized spacial score (nSPS) is 11.6. The Labute approximate surface area is 106 Å². The van der Waals surface area contributed by atoms with Gasteiger partial charge < -0.3 is 4.57 Å². The standard InChI is InChI=1S/C11H10ClFIN/c1-6(2)15-5-10(14)7-3-8(12)9(13)4-11(7)15/h3-6H,1-2H3. The Morgan fingerprint density at radius 1 is 1.40 bits per heavy atom. The molecule has 80 valence electrons. The van der Waals surface area contributed by atoms with Gasteiger partial charge in [0.2, 0.25) is 0 Å². The van der Waals surface area contributed by atoms with Gasteiger partial charge in [-0.2, -0.15) is 0 Å². The van der Waals surface area contributed by atoms with Gasteiger partial charge in [0.15, 0.2) is 0 Å². The molecule has 15 heavy (non-hydrogen) atoms. The molecule has 0 spiro atoms. The topological polar surface area (TPSA) is 4.93 Å². The quantitative estimate of drug-likeness (QED) is 0.669. The van der Waals surface area contributed by atoms with Gasteiger partial charge in [0.25, 0.3) is 0 Å². The maximum atomic E-state index is 13.4. The Bertz CT molecular complexity index is 519. The molecule has 0 saturated heterocycles. The van der Waals surface area contributed by atoms with E-state index < -0.39 is 0 Å². The lowest BCUT2D eigenvalue weighted by Gasteiger charge is -2.09. The van der Waals surface area contributed by atoms with Gasteiger partial charge >= 0.3 is 0 Å². The van der Waals surface area contributed by atoms with Crippen molar-refractivity contribution in [3.05, 3.63) is 32.7 Å². The first-order chi connectivity index (χ1) is 7.00. The summed E-state index contributed by atoms with van der Waals surface area (Å²) in [6, 6.07) is 3.50. The van der Waals surface area contributed by atoms with Crippen LogP contribution in [-0.4, -0.2) is 4.57 Å². The van der Waals surface area contributed by atoms with Crippen LogP contribution in [0.15, 0.2) is 18.3 Å². The van der Waals surface area contributed by atoms with Crippen LogP contribution in [0.2, 0.25) is 5.02 Å². The molecule has 0 aliphatic rings. The van der Waals surface area contributed by atoms with Crippen molar-refractivity contribution in [1.82, 2.24) is 4.57 Å². The highest BCUT2D eigenvalue weighted by molar-refractivity contribution is 14.1. The van der Waals surface area contributed by atoms with Gasteiger partial charge in [-0.25, -0.2) is 4.39 Å². The van der Waals surface area contributed by atoms with E-state index in [0.29, 0.717) is 6.04 Å². The van der Waals surface area contributed by atoms with Crippen molar-refractivity contribution < 1.29 is 4.39 Å². The molecule has 0 amide bonds. The number of fused-ring (bicyclic) bond motifs is 1. The van der Waals surface area contributed by atoms with Gasteiger partial charge in [0.1, 0.15) is 5.82 Å². The Morgan fingerprint density at radius 2 is 2.07 bits per heavy atom. The molecule has 1 aromatic carbocycles. The lowest BCUT2D eigenvalue weighted by molar-refractivity contribution is 0.611. The fourth-order valence-electron chi connectivity index (χ4n) is 1.63. The van der Waals surface area contributed by atoms with Crippen LogP contribution in [0.1, 0.15) is 19.9 Å². The van der Waals surface area contributed by atoms with Gasteiger partial charge in [0, 0.05) is 21.2 Å². The van der Waals surface area contributed by atoms with Gasteiger partial charge in [-0.3, -0.25) is 0 Å². The summed E-state index contributed by atoms with van der Waals surface area (Å²) in [5.41, 5.74) is 0.899. The Kier molecular flexibility index (Phi) is 2.94. The highest BCUT2D eigenvalue weighted by Crippen LogP contribution is 2.30. The molecule has 0 atom stereocenters. The molecule has 0 unspecified atom stereocenters. The molecule has 1 nitrogen and oxygen atoms in total. The van der Waals surface area contributed by atoms with Gasteiger partial charge in [-0.15, -0.1) is 0 Å². The number of benzene rings is 1. The van der Waals surface area contributed by atoms with Crippen LogP contribution in [0.4, 0.5) is 4.39 Å². The van der Waals surface area contributed by atoms with E-state index in [2.05, 4.69) is 41.0 Å². The van der Waals surface area contributed by atoms with Crippen molar-refractivity contribution in [2.24, 2.45) is 0 Å². The fraction of sp³-hybridized carbons (Fsp3) is 0.273. The molecule has 0 radical (unpaired) electrons. The lowest BCUT2D eigenvalue weighted by Crippen LogP contribution is -1.98. The molecular weight excluding hydrogens is 327 g/mol. The molecule has 1 aromatic heterocycles. The summed E-state index contributed by atoms with van der Waals surface area (Å²) in [6.45, 7) is 4.14. The highest BCUT2D eigenvalue weighted by atomic mass is 127. The number of hydrogen-bond acceptors (Lipinski definition) is 0.